The van der Waals surface area contributed by atoms with Crippen molar-refractivity contribution in [3.05, 3.63) is 0 Å². The van der Waals surface area contributed by atoms with Crippen LogP contribution in [-0.2, 0) is 0 Å². The van der Waals surface area contributed by atoms with Gasteiger partial charge in [0.1, 0.15) is 0 Å². The molecule has 2 aliphatic rings. The monoisotopic (exact) mass is 252 g/mol. The van der Waals surface area contributed by atoms with E-state index in [1.54, 1.807) is 0 Å². The van der Waals surface area contributed by atoms with Crippen LogP contribution in [0.1, 0.15) is 71.1 Å². The number of hydrogen-bond acceptors (Lipinski definition) is 2. The highest BCUT2D eigenvalue weighted by Gasteiger charge is 2.24. The molecule has 0 aromatic carbocycles. The molecule has 2 fully saturated rings. The lowest BCUT2D eigenvalue weighted by atomic mass is 10.0. The van der Waals surface area contributed by atoms with E-state index in [2.05, 4.69) is 17.1 Å². The first-order valence-electron chi connectivity index (χ1n) is 8.37. The molecule has 1 N–H and O–H groups in total. The zero-order valence-electron chi connectivity index (χ0n) is 12.3. The van der Waals surface area contributed by atoms with Crippen LogP contribution in [0.2, 0.25) is 0 Å². The summed E-state index contributed by atoms with van der Waals surface area (Å²) in [6, 6.07) is 1.67. The molecule has 2 nitrogen and oxygen atoms in total. The first-order valence-corrected chi connectivity index (χ1v) is 8.37. The third kappa shape index (κ3) is 4.55. The first-order chi connectivity index (χ1) is 8.90. The molecule has 0 amide bonds. The zero-order valence-corrected chi connectivity index (χ0v) is 12.3. The summed E-state index contributed by atoms with van der Waals surface area (Å²) >= 11 is 0. The second-order valence-electron chi connectivity index (χ2n) is 6.29. The normalized spacial score (nSPS) is 26.7. The number of nitrogens with zero attached hydrogens (tertiary/aromatic N) is 1. The Morgan fingerprint density at radius 3 is 2.39 bits per heavy atom. The van der Waals surface area contributed by atoms with Gasteiger partial charge in [-0.3, -0.25) is 4.90 Å². The van der Waals surface area contributed by atoms with Gasteiger partial charge in [-0.05, 0) is 45.2 Å². The molecule has 0 radical (unpaired) electrons. The zero-order chi connectivity index (χ0) is 12.6. The Morgan fingerprint density at radius 1 is 1.00 bits per heavy atom. The third-order valence-electron chi connectivity index (χ3n) is 4.76. The summed E-state index contributed by atoms with van der Waals surface area (Å²) in [5.74, 6) is 0. The van der Waals surface area contributed by atoms with Crippen LogP contribution in [0.4, 0.5) is 0 Å². The summed E-state index contributed by atoms with van der Waals surface area (Å²) < 4.78 is 0. The number of hydrogen-bond donors (Lipinski definition) is 1. The fourth-order valence-electron chi connectivity index (χ4n) is 3.60. The lowest BCUT2D eigenvalue weighted by Gasteiger charge is -2.33. The van der Waals surface area contributed by atoms with Gasteiger partial charge in [0.25, 0.3) is 0 Å². The van der Waals surface area contributed by atoms with Crippen LogP contribution in [-0.4, -0.2) is 36.6 Å². The molecule has 2 heteroatoms. The van der Waals surface area contributed by atoms with Gasteiger partial charge in [0.15, 0.2) is 0 Å². The molecule has 0 spiro atoms. The van der Waals surface area contributed by atoms with Gasteiger partial charge in [-0.25, -0.2) is 0 Å². The fraction of sp³-hybridized carbons (Fsp3) is 1.00. The highest BCUT2D eigenvalue weighted by molar-refractivity contribution is 4.82. The van der Waals surface area contributed by atoms with Gasteiger partial charge in [0.2, 0.25) is 0 Å². The van der Waals surface area contributed by atoms with Gasteiger partial charge in [-0.2, -0.15) is 0 Å². The predicted molar refractivity (Wildman–Crippen MR) is 79.0 cm³/mol. The molecule has 1 saturated carbocycles. The highest BCUT2D eigenvalue weighted by atomic mass is 15.2. The minimum absolute atomic E-state index is 0.783. The Hall–Kier alpha value is -0.0800. The maximum Gasteiger partial charge on any atom is 0.0195 e. The standard InChI is InChI=1S/C16H32N2/c1-2-3-13-18(14-15-9-8-12-17-15)16-10-6-4-5-7-11-16/h15-17H,2-14H2,1H3. The molecule has 1 aliphatic carbocycles. The topological polar surface area (TPSA) is 15.3 Å². The van der Waals surface area contributed by atoms with Gasteiger partial charge in [-0.15, -0.1) is 0 Å². The van der Waals surface area contributed by atoms with Gasteiger partial charge < -0.3 is 5.32 Å². The average Bonchev–Trinajstić information content (AvgIpc) is 2.74. The molecule has 0 aromatic rings. The van der Waals surface area contributed by atoms with Gasteiger partial charge in [0, 0.05) is 18.6 Å². The molecule has 0 aromatic heterocycles. The minimum atomic E-state index is 0.783. The smallest absolute Gasteiger partial charge is 0.0195 e. The van der Waals surface area contributed by atoms with Crippen LogP contribution in [0, 0.1) is 0 Å². The number of unbranched alkanes of at least 4 members (excludes halogenated alkanes) is 1. The van der Waals surface area contributed by atoms with Crippen LogP contribution >= 0.6 is 0 Å². The highest BCUT2D eigenvalue weighted by Crippen LogP contribution is 2.23. The van der Waals surface area contributed by atoms with Gasteiger partial charge >= 0.3 is 0 Å². The molecule has 1 aliphatic heterocycles. The Kier molecular flexibility index (Phi) is 6.50. The van der Waals surface area contributed by atoms with Crippen LogP contribution < -0.4 is 5.32 Å². The van der Waals surface area contributed by atoms with Crippen LogP contribution in [0.15, 0.2) is 0 Å². The number of rotatable bonds is 6. The molecule has 18 heavy (non-hydrogen) atoms. The first kappa shape index (κ1) is 14.3. The van der Waals surface area contributed by atoms with E-state index < -0.39 is 0 Å². The molecule has 106 valence electrons. The largest absolute Gasteiger partial charge is 0.313 e. The van der Waals surface area contributed by atoms with E-state index in [1.807, 2.05) is 0 Å². The summed E-state index contributed by atoms with van der Waals surface area (Å²) in [5, 5.41) is 3.68. The maximum atomic E-state index is 3.68. The second-order valence-corrected chi connectivity index (χ2v) is 6.29. The van der Waals surface area contributed by atoms with Crippen molar-refractivity contribution in [2.75, 3.05) is 19.6 Å². The SMILES string of the molecule is CCCCN(CC1CCCN1)C1CCCCCC1. The van der Waals surface area contributed by atoms with Crippen molar-refractivity contribution in [2.45, 2.75) is 83.2 Å². The number of nitrogens with one attached hydrogen (secondary N) is 1. The van der Waals surface area contributed by atoms with Crippen molar-refractivity contribution in [1.82, 2.24) is 10.2 Å². The van der Waals surface area contributed by atoms with Crippen LogP contribution in [0.5, 0.6) is 0 Å². The van der Waals surface area contributed by atoms with E-state index >= 15 is 0 Å². The maximum absolute atomic E-state index is 3.68. The summed E-state index contributed by atoms with van der Waals surface area (Å²) in [7, 11) is 0. The molecule has 1 saturated heterocycles. The summed E-state index contributed by atoms with van der Waals surface area (Å²) in [6.45, 7) is 6.21. The molecule has 2 rings (SSSR count). The second kappa shape index (κ2) is 8.16. The van der Waals surface area contributed by atoms with E-state index in [4.69, 9.17) is 0 Å². The van der Waals surface area contributed by atoms with E-state index in [1.165, 1.54) is 83.8 Å². The molecule has 1 heterocycles. The lowest BCUT2D eigenvalue weighted by Crippen LogP contribution is -2.43. The van der Waals surface area contributed by atoms with E-state index in [-0.39, 0.29) is 0 Å². The predicted octanol–water partition coefficient (Wildman–Crippen LogP) is 3.56. The Balaban J connectivity index is 1.84. The van der Waals surface area contributed by atoms with E-state index in [0.717, 1.165) is 12.1 Å². The lowest BCUT2D eigenvalue weighted by molar-refractivity contribution is 0.162. The summed E-state index contributed by atoms with van der Waals surface area (Å²) in [5.41, 5.74) is 0. The Morgan fingerprint density at radius 2 is 1.78 bits per heavy atom. The fourth-order valence-corrected chi connectivity index (χ4v) is 3.60. The summed E-state index contributed by atoms with van der Waals surface area (Å²) in [4.78, 5) is 2.83. The molecular formula is C16H32N2. The molecular weight excluding hydrogens is 220 g/mol. The van der Waals surface area contributed by atoms with Crippen molar-refractivity contribution >= 4 is 0 Å². The van der Waals surface area contributed by atoms with E-state index in [0.29, 0.717) is 0 Å². The van der Waals surface area contributed by atoms with E-state index in [9.17, 15) is 0 Å². The minimum Gasteiger partial charge on any atom is -0.313 e. The van der Waals surface area contributed by atoms with Crippen molar-refractivity contribution in [3.8, 4) is 0 Å². The van der Waals surface area contributed by atoms with Gasteiger partial charge in [-0.1, -0.05) is 39.0 Å². The van der Waals surface area contributed by atoms with Crippen molar-refractivity contribution in [1.29, 1.82) is 0 Å². The van der Waals surface area contributed by atoms with Crippen molar-refractivity contribution in [3.63, 3.8) is 0 Å². The molecule has 1 unspecified atom stereocenters. The Labute approximate surface area is 114 Å². The van der Waals surface area contributed by atoms with Crippen molar-refractivity contribution in [2.24, 2.45) is 0 Å². The molecule has 0 bridgehead atoms. The average molecular weight is 252 g/mol. The van der Waals surface area contributed by atoms with Crippen LogP contribution in [0.3, 0.4) is 0 Å². The quantitative estimate of drug-likeness (QED) is 0.727. The third-order valence-corrected chi connectivity index (χ3v) is 4.76. The molecule has 1 atom stereocenters. The summed E-state index contributed by atoms with van der Waals surface area (Å²) in [6.07, 6.45) is 14.3. The van der Waals surface area contributed by atoms with Crippen molar-refractivity contribution < 1.29 is 0 Å². The van der Waals surface area contributed by atoms with Crippen LogP contribution in [0.25, 0.3) is 0 Å². The van der Waals surface area contributed by atoms with Gasteiger partial charge in [0.05, 0.1) is 0 Å². The Bertz CT molecular complexity index is 203.